The Bertz CT molecular complexity index is 533. The van der Waals surface area contributed by atoms with E-state index in [9.17, 15) is 0 Å². The third-order valence-corrected chi connectivity index (χ3v) is 3.44. The van der Waals surface area contributed by atoms with E-state index in [2.05, 4.69) is 37.4 Å². The summed E-state index contributed by atoms with van der Waals surface area (Å²) in [4.78, 5) is 0. The zero-order valence-corrected chi connectivity index (χ0v) is 12.5. The van der Waals surface area contributed by atoms with Crippen molar-refractivity contribution in [3.8, 4) is 5.75 Å². The van der Waals surface area contributed by atoms with Gasteiger partial charge in [-0.05, 0) is 36.7 Å². The van der Waals surface area contributed by atoms with Gasteiger partial charge in [-0.15, -0.1) is 0 Å². The summed E-state index contributed by atoms with van der Waals surface area (Å²) < 4.78 is 11.3. The number of benzene rings is 1. The zero-order chi connectivity index (χ0) is 14.4. The molecule has 1 N–H and O–H groups in total. The van der Waals surface area contributed by atoms with E-state index in [4.69, 9.17) is 9.15 Å². The molecule has 0 aliphatic rings. The van der Waals surface area contributed by atoms with Gasteiger partial charge in [-0.25, -0.2) is 0 Å². The van der Waals surface area contributed by atoms with Crippen LogP contribution in [0.25, 0.3) is 0 Å². The molecule has 0 aliphatic carbocycles. The van der Waals surface area contributed by atoms with Crippen LogP contribution in [0, 0.1) is 0 Å². The zero-order valence-electron chi connectivity index (χ0n) is 12.5. The molecule has 1 aromatic carbocycles. The Morgan fingerprint density at radius 1 is 1.15 bits per heavy atom. The molecule has 0 aliphatic heterocycles. The van der Waals surface area contributed by atoms with Crippen molar-refractivity contribution in [3.63, 3.8) is 0 Å². The first kappa shape index (κ1) is 14.7. The van der Waals surface area contributed by atoms with Crippen LogP contribution < -0.4 is 10.1 Å². The van der Waals surface area contributed by atoms with Crippen molar-refractivity contribution in [2.24, 2.45) is 0 Å². The van der Waals surface area contributed by atoms with E-state index < -0.39 is 0 Å². The number of rotatable bonds is 7. The normalized spacial score (nSPS) is 12.3. The molecule has 20 heavy (non-hydrogen) atoms. The van der Waals surface area contributed by atoms with Gasteiger partial charge in [0.1, 0.15) is 17.3 Å². The van der Waals surface area contributed by atoms with Gasteiger partial charge in [0.15, 0.2) is 0 Å². The highest BCUT2D eigenvalue weighted by atomic mass is 16.5. The van der Waals surface area contributed by atoms with E-state index in [1.165, 1.54) is 5.56 Å². The minimum atomic E-state index is 0.177. The van der Waals surface area contributed by atoms with Crippen LogP contribution in [-0.2, 0) is 12.8 Å². The van der Waals surface area contributed by atoms with E-state index in [-0.39, 0.29) is 6.04 Å². The Morgan fingerprint density at radius 2 is 1.95 bits per heavy atom. The Morgan fingerprint density at radius 3 is 2.60 bits per heavy atom. The second kappa shape index (κ2) is 7.15. The van der Waals surface area contributed by atoms with Crippen molar-refractivity contribution < 1.29 is 9.15 Å². The molecular formula is C17H23NO2. The van der Waals surface area contributed by atoms with Crippen molar-refractivity contribution in [2.75, 3.05) is 13.7 Å². The molecule has 0 spiro atoms. The van der Waals surface area contributed by atoms with E-state index in [0.717, 1.165) is 36.7 Å². The minimum absolute atomic E-state index is 0.177. The fourth-order valence-corrected chi connectivity index (χ4v) is 2.38. The number of hydrogen-bond acceptors (Lipinski definition) is 3. The van der Waals surface area contributed by atoms with Crippen molar-refractivity contribution in [2.45, 2.75) is 32.7 Å². The van der Waals surface area contributed by atoms with E-state index in [1.54, 1.807) is 7.11 Å². The van der Waals surface area contributed by atoms with Gasteiger partial charge in [-0.3, -0.25) is 0 Å². The molecule has 2 aromatic rings. The number of hydrogen-bond donors (Lipinski definition) is 1. The van der Waals surface area contributed by atoms with Crippen LogP contribution in [0.1, 0.15) is 37.0 Å². The average Bonchev–Trinajstić information content (AvgIpc) is 2.96. The maximum atomic E-state index is 5.89. The number of likely N-dealkylation sites (N-methyl/N-ethyl adjacent to an activating group) is 1. The number of nitrogens with one attached hydrogen (secondary N) is 1. The highest BCUT2D eigenvalue weighted by molar-refractivity contribution is 5.34. The summed E-state index contributed by atoms with van der Waals surface area (Å²) in [6, 6.07) is 12.4. The van der Waals surface area contributed by atoms with Crippen LogP contribution in [0.15, 0.2) is 40.8 Å². The Balaban J connectivity index is 2.20. The standard InChI is InChI=1S/C17H23NO2/c1-4-14-10-11-17(20-14)15(18-5-2)12-13-8-6-7-9-16(13)19-3/h6-11,15,18H,4-5,12H2,1-3H3. The Hall–Kier alpha value is -1.74. The topological polar surface area (TPSA) is 34.4 Å². The van der Waals surface area contributed by atoms with Gasteiger partial charge in [0.25, 0.3) is 0 Å². The monoisotopic (exact) mass is 273 g/mol. The molecule has 108 valence electrons. The van der Waals surface area contributed by atoms with Gasteiger partial charge >= 0.3 is 0 Å². The summed E-state index contributed by atoms with van der Waals surface area (Å²) in [7, 11) is 1.71. The van der Waals surface area contributed by atoms with E-state index >= 15 is 0 Å². The van der Waals surface area contributed by atoms with Gasteiger partial charge < -0.3 is 14.5 Å². The van der Waals surface area contributed by atoms with Gasteiger partial charge in [-0.1, -0.05) is 32.0 Å². The van der Waals surface area contributed by atoms with Gasteiger partial charge in [-0.2, -0.15) is 0 Å². The minimum Gasteiger partial charge on any atom is -0.496 e. The first-order valence-corrected chi connectivity index (χ1v) is 7.22. The molecule has 0 fully saturated rings. The van der Waals surface area contributed by atoms with Crippen LogP contribution >= 0.6 is 0 Å². The highest BCUT2D eigenvalue weighted by Gasteiger charge is 2.17. The van der Waals surface area contributed by atoms with Crippen LogP contribution in [0.5, 0.6) is 5.75 Å². The summed E-state index contributed by atoms with van der Waals surface area (Å²) >= 11 is 0. The van der Waals surface area contributed by atoms with Crippen LogP contribution in [0.4, 0.5) is 0 Å². The SMILES string of the molecule is CCNC(Cc1ccccc1OC)c1ccc(CC)o1. The summed E-state index contributed by atoms with van der Waals surface area (Å²) in [5.41, 5.74) is 1.19. The average molecular weight is 273 g/mol. The third kappa shape index (κ3) is 3.42. The van der Waals surface area contributed by atoms with Crippen LogP contribution in [-0.4, -0.2) is 13.7 Å². The quantitative estimate of drug-likeness (QED) is 0.834. The number of para-hydroxylation sites is 1. The van der Waals surface area contributed by atoms with E-state index in [1.807, 2.05) is 18.2 Å². The Kier molecular flexibility index (Phi) is 5.24. The smallest absolute Gasteiger partial charge is 0.122 e. The van der Waals surface area contributed by atoms with Gasteiger partial charge in [0.05, 0.1) is 13.2 Å². The largest absolute Gasteiger partial charge is 0.496 e. The number of aryl methyl sites for hydroxylation is 1. The fraction of sp³-hybridized carbons (Fsp3) is 0.412. The molecule has 0 saturated carbocycles. The molecule has 1 aromatic heterocycles. The lowest BCUT2D eigenvalue weighted by Gasteiger charge is -2.17. The maximum absolute atomic E-state index is 5.89. The lowest BCUT2D eigenvalue weighted by Crippen LogP contribution is -2.22. The van der Waals surface area contributed by atoms with E-state index in [0.29, 0.717) is 0 Å². The van der Waals surface area contributed by atoms with Crippen molar-refractivity contribution in [3.05, 3.63) is 53.5 Å². The van der Waals surface area contributed by atoms with Crippen molar-refractivity contribution in [1.82, 2.24) is 5.32 Å². The predicted molar refractivity (Wildman–Crippen MR) is 81.2 cm³/mol. The molecule has 0 amide bonds. The first-order chi connectivity index (χ1) is 9.78. The molecular weight excluding hydrogens is 250 g/mol. The molecule has 2 rings (SSSR count). The van der Waals surface area contributed by atoms with Crippen molar-refractivity contribution >= 4 is 0 Å². The lowest BCUT2D eigenvalue weighted by molar-refractivity contribution is 0.383. The molecule has 0 bridgehead atoms. The third-order valence-electron chi connectivity index (χ3n) is 3.44. The summed E-state index contributed by atoms with van der Waals surface area (Å²) in [6.07, 6.45) is 1.78. The van der Waals surface area contributed by atoms with Crippen LogP contribution in [0.2, 0.25) is 0 Å². The van der Waals surface area contributed by atoms with Crippen LogP contribution in [0.3, 0.4) is 0 Å². The molecule has 0 radical (unpaired) electrons. The lowest BCUT2D eigenvalue weighted by atomic mass is 10.0. The fourth-order valence-electron chi connectivity index (χ4n) is 2.38. The summed E-state index contributed by atoms with van der Waals surface area (Å²) in [6.45, 7) is 5.12. The highest BCUT2D eigenvalue weighted by Crippen LogP contribution is 2.26. The molecule has 1 unspecified atom stereocenters. The second-order valence-electron chi connectivity index (χ2n) is 4.78. The molecule has 1 heterocycles. The maximum Gasteiger partial charge on any atom is 0.122 e. The predicted octanol–water partition coefficient (Wildman–Crippen LogP) is 3.74. The first-order valence-electron chi connectivity index (χ1n) is 7.22. The second-order valence-corrected chi connectivity index (χ2v) is 4.78. The number of ether oxygens (including phenoxy) is 1. The van der Waals surface area contributed by atoms with Gasteiger partial charge in [0, 0.05) is 6.42 Å². The molecule has 1 atom stereocenters. The van der Waals surface area contributed by atoms with Crippen molar-refractivity contribution in [1.29, 1.82) is 0 Å². The summed E-state index contributed by atoms with van der Waals surface area (Å²) in [5.74, 6) is 2.95. The van der Waals surface area contributed by atoms with Gasteiger partial charge in [0.2, 0.25) is 0 Å². The number of furan rings is 1. The summed E-state index contributed by atoms with van der Waals surface area (Å²) in [5, 5.41) is 3.49. The Labute approximate surface area is 121 Å². The molecule has 0 saturated heterocycles. The molecule has 3 nitrogen and oxygen atoms in total. The molecule has 3 heteroatoms. The number of methoxy groups -OCH3 is 1.